The number of carbonyl (C=O) groups is 2. The summed E-state index contributed by atoms with van der Waals surface area (Å²) in [6, 6.07) is 0. The van der Waals surface area contributed by atoms with E-state index in [9.17, 15) is 9.59 Å². The molecule has 0 radical (unpaired) electrons. The maximum atomic E-state index is 12.0. The van der Waals surface area contributed by atoms with E-state index < -0.39 is 0 Å². The molecule has 1 aliphatic carbocycles. The number of hydrogen-bond acceptors (Lipinski definition) is 6. The molecule has 1 fully saturated rings. The van der Waals surface area contributed by atoms with Crippen LogP contribution < -0.4 is 0 Å². The van der Waals surface area contributed by atoms with E-state index in [0.29, 0.717) is 45.4 Å². The summed E-state index contributed by atoms with van der Waals surface area (Å²) in [4.78, 5) is 28.0. The summed E-state index contributed by atoms with van der Waals surface area (Å²) in [6.07, 6.45) is 3.35. The number of carbonyl (C=O) groups excluding carboxylic acids is 2. The molecule has 1 amide bonds. The van der Waals surface area contributed by atoms with Crippen LogP contribution in [-0.4, -0.2) is 68.8 Å². The van der Waals surface area contributed by atoms with Gasteiger partial charge in [-0.3, -0.25) is 9.59 Å². The Labute approximate surface area is 156 Å². The van der Waals surface area contributed by atoms with E-state index in [4.69, 9.17) is 19.3 Å². The molecule has 150 valence electrons. The SMILES string of the molecule is CC(C)C(=O)C1CCC(=NC(=O)CCOCCOCCOCCO)CC1. The van der Waals surface area contributed by atoms with Crippen LogP contribution in [0.4, 0.5) is 0 Å². The lowest BCUT2D eigenvalue weighted by Gasteiger charge is -2.23. The zero-order chi connectivity index (χ0) is 19.2. The van der Waals surface area contributed by atoms with Gasteiger partial charge in [0.1, 0.15) is 5.78 Å². The molecule has 0 heterocycles. The molecule has 7 nitrogen and oxygen atoms in total. The smallest absolute Gasteiger partial charge is 0.247 e. The van der Waals surface area contributed by atoms with Gasteiger partial charge in [-0.15, -0.1) is 0 Å². The van der Waals surface area contributed by atoms with Gasteiger partial charge in [0.2, 0.25) is 5.91 Å². The highest BCUT2D eigenvalue weighted by Gasteiger charge is 2.25. The molecule has 1 aliphatic rings. The Balaban J connectivity index is 2.05. The van der Waals surface area contributed by atoms with Gasteiger partial charge in [0.25, 0.3) is 0 Å². The Morgan fingerprint density at radius 2 is 1.54 bits per heavy atom. The van der Waals surface area contributed by atoms with Crippen LogP contribution in [0.1, 0.15) is 46.0 Å². The van der Waals surface area contributed by atoms with Crippen molar-refractivity contribution in [1.29, 1.82) is 0 Å². The van der Waals surface area contributed by atoms with E-state index >= 15 is 0 Å². The van der Waals surface area contributed by atoms with Gasteiger partial charge in [0, 0.05) is 17.5 Å². The van der Waals surface area contributed by atoms with Crippen LogP contribution in [0.2, 0.25) is 0 Å². The Hall–Kier alpha value is -1.15. The summed E-state index contributed by atoms with van der Waals surface area (Å²) in [5, 5.41) is 8.53. The summed E-state index contributed by atoms with van der Waals surface area (Å²) in [5.41, 5.74) is 0.911. The van der Waals surface area contributed by atoms with Crippen LogP contribution in [0.5, 0.6) is 0 Å². The third kappa shape index (κ3) is 10.1. The van der Waals surface area contributed by atoms with Crippen molar-refractivity contribution < 1.29 is 28.9 Å². The molecule has 1 rings (SSSR count). The third-order valence-electron chi connectivity index (χ3n) is 4.26. The lowest BCUT2D eigenvalue weighted by Crippen LogP contribution is -2.25. The number of nitrogens with zero attached hydrogens (tertiary/aromatic N) is 1. The lowest BCUT2D eigenvalue weighted by atomic mass is 9.82. The molecule has 1 saturated carbocycles. The number of aliphatic hydroxyl groups is 1. The summed E-state index contributed by atoms with van der Waals surface area (Å²) in [7, 11) is 0. The van der Waals surface area contributed by atoms with Gasteiger partial charge >= 0.3 is 0 Å². The number of ether oxygens (including phenoxy) is 3. The molecule has 0 aliphatic heterocycles. The van der Waals surface area contributed by atoms with E-state index in [1.807, 2.05) is 13.8 Å². The van der Waals surface area contributed by atoms with Crippen LogP contribution in [0.15, 0.2) is 4.99 Å². The quantitative estimate of drug-likeness (QED) is 0.496. The zero-order valence-electron chi connectivity index (χ0n) is 16.1. The monoisotopic (exact) mass is 371 g/mol. The minimum absolute atomic E-state index is 0.0119. The van der Waals surface area contributed by atoms with E-state index in [2.05, 4.69) is 4.99 Å². The average Bonchev–Trinajstić information content (AvgIpc) is 2.63. The van der Waals surface area contributed by atoms with Gasteiger partial charge in [-0.25, -0.2) is 4.99 Å². The minimum Gasteiger partial charge on any atom is -0.394 e. The molecule has 0 atom stereocenters. The lowest BCUT2D eigenvalue weighted by molar-refractivity contribution is -0.126. The van der Waals surface area contributed by atoms with Crippen molar-refractivity contribution in [3.63, 3.8) is 0 Å². The number of aliphatic hydroxyl groups excluding tert-OH is 1. The maximum Gasteiger partial charge on any atom is 0.247 e. The second kappa shape index (κ2) is 14.0. The van der Waals surface area contributed by atoms with Crippen LogP contribution in [-0.2, 0) is 23.8 Å². The molecule has 0 unspecified atom stereocenters. The molecule has 1 N–H and O–H groups in total. The molecule has 0 saturated heterocycles. The third-order valence-corrected chi connectivity index (χ3v) is 4.26. The molecule has 0 spiro atoms. The van der Waals surface area contributed by atoms with Crippen molar-refractivity contribution in [3.8, 4) is 0 Å². The van der Waals surface area contributed by atoms with Gasteiger partial charge in [-0.05, 0) is 25.7 Å². The van der Waals surface area contributed by atoms with Crippen LogP contribution in [0.3, 0.4) is 0 Å². The Kier molecular flexibility index (Phi) is 12.3. The number of rotatable bonds is 13. The second-order valence-electron chi connectivity index (χ2n) is 6.71. The Morgan fingerprint density at radius 3 is 2.08 bits per heavy atom. The van der Waals surface area contributed by atoms with Crippen molar-refractivity contribution in [2.75, 3.05) is 46.2 Å². The summed E-state index contributed by atoms with van der Waals surface area (Å²) >= 11 is 0. The number of Topliss-reactive ketones (excluding diaryl/α,β-unsaturated/α-hetero) is 1. The first-order valence-corrected chi connectivity index (χ1v) is 9.51. The predicted molar refractivity (Wildman–Crippen MR) is 98.4 cm³/mol. The van der Waals surface area contributed by atoms with E-state index in [-0.39, 0.29) is 30.8 Å². The molecule has 0 aromatic rings. The maximum absolute atomic E-state index is 12.0. The fourth-order valence-electron chi connectivity index (χ4n) is 2.82. The Bertz CT molecular complexity index is 439. The van der Waals surface area contributed by atoms with Crippen molar-refractivity contribution in [2.24, 2.45) is 16.8 Å². The summed E-state index contributed by atoms with van der Waals surface area (Å²) in [6.45, 7) is 6.29. The minimum atomic E-state index is -0.160. The van der Waals surface area contributed by atoms with Gasteiger partial charge in [0.15, 0.2) is 0 Å². The van der Waals surface area contributed by atoms with Crippen LogP contribution in [0.25, 0.3) is 0 Å². The topological polar surface area (TPSA) is 94.4 Å². The highest BCUT2D eigenvalue weighted by Crippen LogP contribution is 2.25. The summed E-state index contributed by atoms with van der Waals surface area (Å²) < 4.78 is 15.7. The predicted octanol–water partition coefficient (Wildman–Crippen LogP) is 1.80. The van der Waals surface area contributed by atoms with Gasteiger partial charge < -0.3 is 19.3 Å². The highest BCUT2D eigenvalue weighted by atomic mass is 16.5. The molecule has 0 bridgehead atoms. The van der Waals surface area contributed by atoms with Crippen molar-refractivity contribution >= 4 is 17.4 Å². The van der Waals surface area contributed by atoms with Crippen molar-refractivity contribution in [2.45, 2.75) is 46.0 Å². The van der Waals surface area contributed by atoms with Gasteiger partial charge in [-0.1, -0.05) is 13.8 Å². The van der Waals surface area contributed by atoms with Crippen molar-refractivity contribution in [3.05, 3.63) is 0 Å². The summed E-state index contributed by atoms with van der Waals surface area (Å²) in [5.74, 6) is 0.369. The molecule has 0 aromatic carbocycles. The molecular formula is C19H33NO6. The number of aliphatic imine (C=N–C) groups is 1. The van der Waals surface area contributed by atoms with Crippen LogP contribution >= 0.6 is 0 Å². The fraction of sp³-hybridized carbons (Fsp3) is 0.842. The Morgan fingerprint density at radius 1 is 1.00 bits per heavy atom. The number of amides is 1. The second-order valence-corrected chi connectivity index (χ2v) is 6.71. The molecule has 0 aromatic heterocycles. The normalized spacial score (nSPS) is 17.5. The van der Waals surface area contributed by atoms with E-state index in [1.165, 1.54) is 0 Å². The van der Waals surface area contributed by atoms with E-state index in [0.717, 1.165) is 31.4 Å². The van der Waals surface area contributed by atoms with Gasteiger partial charge in [-0.2, -0.15) is 0 Å². The van der Waals surface area contributed by atoms with Crippen LogP contribution in [0, 0.1) is 11.8 Å². The van der Waals surface area contributed by atoms with E-state index in [1.54, 1.807) is 0 Å². The van der Waals surface area contributed by atoms with Crippen molar-refractivity contribution in [1.82, 2.24) is 0 Å². The number of ketones is 1. The zero-order valence-corrected chi connectivity index (χ0v) is 16.1. The largest absolute Gasteiger partial charge is 0.394 e. The highest BCUT2D eigenvalue weighted by molar-refractivity contribution is 5.97. The first-order valence-electron chi connectivity index (χ1n) is 9.51. The first kappa shape index (κ1) is 22.9. The number of hydrogen-bond donors (Lipinski definition) is 1. The molecule has 26 heavy (non-hydrogen) atoms. The standard InChI is InChI=1S/C19H33NO6/c1-15(2)19(23)16-3-5-17(6-4-16)20-18(22)7-9-24-11-13-26-14-12-25-10-8-21/h15-16,21H,3-14H2,1-2H3. The fourth-order valence-corrected chi connectivity index (χ4v) is 2.82. The molecular weight excluding hydrogens is 338 g/mol. The average molecular weight is 371 g/mol. The molecule has 7 heteroatoms. The van der Waals surface area contributed by atoms with Gasteiger partial charge in [0.05, 0.1) is 52.7 Å². The first-order chi connectivity index (χ1) is 12.5.